The Morgan fingerprint density at radius 1 is 1.00 bits per heavy atom. The number of amides is 1. The predicted octanol–water partition coefficient (Wildman–Crippen LogP) is 2.47. The molecule has 0 atom stereocenters. The summed E-state index contributed by atoms with van der Waals surface area (Å²) in [5.41, 5.74) is 0.875. The first-order valence-electron chi connectivity index (χ1n) is 9.86. The van der Waals surface area contributed by atoms with Gasteiger partial charge in [0.15, 0.2) is 6.61 Å². The molecule has 0 aliphatic carbocycles. The van der Waals surface area contributed by atoms with E-state index in [2.05, 4.69) is 15.0 Å². The molecular formula is C22H24N4O4. The SMILES string of the molecule is COc1ccc(-c2noc(CN3CCN(C(=O)COc4ccccc4)CC3)n2)cc1. The summed E-state index contributed by atoms with van der Waals surface area (Å²) >= 11 is 0. The Labute approximate surface area is 175 Å². The van der Waals surface area contributed by atoms with Crippen LogP contribution < -0.4 is 9.47 Å². The monoisotopic (exact) mass is 408 g/mol. The van der Waals surface area contributed by atoms with E-state index in [1.165, 1.54) is 0 Å². The molecule has 30 heavy (non-hydrogen) atoms. The maximum Gasteiger partial charge on any atom is 0.260 e. The Bertz CT molecular complexity index is 951. The number of benzene rings is 2. The number of hydrogen-bond acceptors (Lipinski definition) is 7. The number of hydrogen-bond donors (Lipinski definition) is 0. The van der Waals surface area contributed by atoms with Gasteiger partial charge >= 0.3 is 0 Å². The van der Waals surface area contributed by atoms with Crippen molar-refractivity contribution >= 4 is 5.91 Å². The minimum Gasteiger partial charge on any atom is -0.497 e. The molecule has 156 valence electrons. The van der Waals surface area contributed by atoms with Crippen LogP contribution in [0.25, 0.3) is 11.4 Å². The Hall–Kier alpha value is -3.39. The van der Waals surface area contributed by atoms with Gasteiger partial charge in [-0.2, -0.15) is 4.98 Å². The molecule has 3 aromatic rings. The highest BCUT2D eigenvalue weighted by molar-refractivity contribution is 5.77. The molecule has 0 bridgehead atoms. The third-order valence-electron chi connectivity index (χ3n) is 5.01. The summed E-state index contributed by atoms with van der Waals surface area (Å²) in [7, 11) is 1.63. The van der Waals surface area contributed by atoms with Gasteiger partial charge in [-0.25, -0.2) is 0 Å². The lowest BCUT2D eigenvalue weighted by Gasteiger charge is -2.33. The fourth-order valence-electron chi connectivity index (χ4n) is 3.28. The van der Waals surface area contributed by atoms with Crippen LogP contribution in [0.3, 0.4) is 0 Å². The Morgan fingerprint density at radius 2 is 1.73 bits per heavy atom. The van der Waals surface area contributed by atoms with E-state index in [1.54, 1.807) is 7.11 Å². The van der Waals surface area contributed by atoms with Crippen molar-refractivity contribution in [3.8, 4) is 22.9 Å². The van der Waals surface area contributed by atoms with Crippen molar-refractivity contribution in [2.75, 3.05) is 39.9 Å². The molecule has 2 aromatic carbocycles. The summed E-state index contributed by atoms with van der Waals surface area (Å²) in [6.07, 6.45) is 0. The average molecular weight is 408 g/mol. The summed E-state index contributed by atoms with van der Waals surface area (Å²) in [6, 6.07) is 16.9. The van der Waals surface area contributed by atoms with Gasteiger partial charge in [0.2, 0.25) is 11.7 Å². The van der Waals surface area contributed by atoms with Crippen molar-refractivity contribution in [3.63, 3.8) is 0 Å². The fourth-order valence-corrected chi connectivity index (χ4v) is 3.28. The van der Waals surface area contributed by atoms with Crippen LogP contribution in [0, 0.1) is 0 Å². The minimum absolute atomic E-state index is 0.00177. The number of para-hydroxylation sites is 1. The topological polar surface area (TPSA) is 80.9 Å². The number of piperazine rings is 1. The van der Waals surface area contributed by atoms with Crippen molar-refractivity contribution in [2.45, 2.75) is 6.54 Å². The molecule has 0 spiro atoms. The highest BCUT2D eigenvalue weighted by Crippen LogP contribution is 2.20. The quantitative estimate of drug-likeness (QED) is 0.594. The van der Waals surface area contributed by atoms with E-state index in [-0.39, 0.29) is 12.5 Å². The van der Waals surface area contributed by atoms with Gasteiger partial charge in [-0.1, -0.05) is 23.4 Å². The van der Waals surface area contributed by atoms with Crippen LogP contribution in [0.15, 0.2) is 59.1 Å². The maximum absolute atomic E-state index is 12.4. The molecule has 2 heterocycles. The summed E-state index contributed by atoms with van der Waals surface area (Å²) < 4.78 is 16.1. The maximum atomic E-state index is 12.4. The average Bonchev–Trinajstić information content (AvgIpc) is 3.27. The Morgan fingerprint density at radius 3 is 2.43 bits per heavy atom. The minimum atomic E-state index is -0.00177. The van der Waals surface area contributed by atoms with E-state index in [4.69, 9.17) is 14.0 Å². The second kappa shape index (κ2) is 9.41. The molecule has 1 aromatic heterocycles. The fraction of sp³-hybridized carbons (Fsp3) is 0.318. The van der Waals surface area contributed by atoms with Crippen LogP contribution in [0.5, 0.6) is 11.5 Å². The molecule has 1 amide bonds. The number of carbonyl (C=O) groups excluding carboxylic acids is 1. The van der Waals surface area contributed by atoms with Crippen molar-refractivity contribution in [1.82, 2.24) is 19.9 Å². The highest BCUT2D eigenvalue weighted by Gasteiger charge is 2.23. The molecule has 8 nitrogen and oxygen atoms in total. The second-order valence-corrected chi connectivity index (χ2v) is 7.00. The molecule has 1 saturated heterocycles. The van der Waals surface area contributed by atoms with Crippen LogP contribution >= 0.6 is 0 Å². The number of carbonyl (C=O) groups is 1. The van der Waals surface area contributed by atoms with Gasteiger partial charge in [-0.15, -0.1) is 0 Å². The van der Waals surface area contributed by atoms with Crippen LogP contribution in [0.2, 0.25) is 0 Å². The van der Waals surface area contributed by atoms with E-state index in [0.29, 0.717) is 37.1 Å². The second-order valence-electron chi connectivity index (χ2n) is 7.00. The van der Waals surface area contributed by atoms with Crippen molar-refractivity contribution in [2.24, 2.45) is 0 Å². The number of ether oxygens (including phenoxy) is 2. The largest absolute Gasteiger partial charge is 0.497 e. The molecule has 4 rings (SSSR count). The van der Waals surface area contributed by atoms with Gasteiger partial charge < -0.3 is 18.9 Å². The smallest absolute Gasteiger partial charge is 0.260 e. The zero-order valence-electron chi connectivity index (χ0n) is 16.9. The molecular weight excluding hydrogens is 384 g/mol. The van der Waals surface area contributed by atoms with E-state index >= 15 is 0 Å². The molecule has 0 unspecified atom stereocenters. The van der Waals surface area contributed by atoms with Gasteiger partial charge in [0.05, 0.1) is 13.7 Å². The van der Waals surface area contributed by atoms with Crippen molar-refractivity contribution < 1.29 is 18.8 Å². The van der Waals surface area contributed by atoms with Crippen molar-refractivity contribution in [1.29, 1.82) is 0 Å². The van der Waals surface area contributed by atoms with Crippen LogP contribution in [-0.2, 0) is 11.3 Å². The van der Waals surface area contributed by atoms with Crippen molar-refractivity contribution in [3.05, 3.63) is 60.5 Å². The predicted molar refractivity (Wildman–Crippen MR) is 110 cm³/mol. The van der Waals surface area contributed by atoms with Gasteiger partial charge in [0, 0.05) is 31.7 Å². The number of rotatable bonds is 7. The molecule has 0 saturated carbocycles. The summed E-state index contributed by atoms with van der Waals surface area (Å²) in [5.74, 6) is 2.60. The standard InChI is InChI=1S/C22H24N4O4/c1-28-18-9-7-17(8-10-18)22-23-20(30-24-22)15-25-11-13-26(14-12-25)21(27)16-29-19-5-3-2-4-6-19/h2-10H,11-16H2,1H3. The van der Waals surface area contributed by atoms with Gasteiger partial charge in [-0.3, -0.25) is 9.69 Å². The third-order valence-corrected chi connectivity index (χ3v) is 5.01. The Kier molecular flexibility index (Phi) is 6.24. The first-order valence-corrected chi connectivity index (χ1v) is 9.86. The molecule has 0 radical (unpaired) electrons. The number of nitrogens with zero attached hydrogens (tertiary/aromatic N) is 4. The first-order chi connectivity index (χ1) is 14.7. The Balaban J connectivity index is 1.24. The van der Waals surface area contributed by atoms with Gasteiger partial charge in [-0.05, 0) is 36.4 Å². The highest BCUT2D eigenvalue weighted by atomic mass is 16.5. The number of aromatic nitrogens is 2. The summed E-state index contributed by atoms with van der Waals surface area (Å²) in [5, 5.41) is 4.07. The molecule has 1 fully saturated rings. The summed E-state index contributed by atoms with van der Waals surface area (Å²) in [6.45, 7) is 3.41. The zero-order chi connectivity index (χ0) is 20.8. The van der Waals surface area contributed by atoms with Crippen LogP contribution in [-0.4, -0.2) is 65.7 Å². The first kappa shape index (κ1) is 19.9. The van der Waals surface area contributed by atoms with Crippen LogP contribution in [0.4, 0.5) is 0 Å². The molecule has 0 N–H and O–H groups in total. The lowest BCUT2D eigenvalue weighted by atomic mass is 10.2. The lowest BCUT2D eigenvalue weighted by Crippen LogP contribution is -2.49. The number of methoxy groups -OCH3 is 1. The van der Waals surface area contributed by atoms with E-state index in [1.807, 2.05) is 59.5 Å². The van der Waals surface area contributed by atoms with E-state index in [9.17, 15) is 4.79 Å². The van der Waals surface area contributed by atoms with Gasteiger partial charge in [0.1, 0.15) is 11.5 Å². The molecule has 1 aliphatic heterocycles. The van der Waals surface area contributed by atoms with Crippen LogP contribution in [0.1, 0.15) is 5.89 Å². The zero-order valence-corrected chi connectivity index (χ0v) is 16.9. The molecule has 1 aliphatic rings. The van der Waals surface area contributed by atoms with E-state index in [0.717, 1.165) is 24.4 Å². The normalized spacial score (nSPS) is 14.5. The third kappa shape index (κ3) is 4.96. The lowest BCUT2D eigenvalue weighted by molar-refractivity contribution is -0.135. The van der Waals surface area contributed by atoms with E-state index < -0.39 is 0 Å². The van der Waals surface area contributed by atoms with Gasteiger partial charge in [0.25, 0.3) is 5.91 Å². The molecule has 8 heteroatoms. The summed E-state index contributed by atoms with van der Waals surface area (Å²) in [4.78, 5) is 20.9.